The Labute approximate surface area is 96.0 Å². The second-order valence-electron chi connectivity index (χ2n) is 5.05. The molecule has 1 heteroatoms. The summed E-state index contributed by atoms with van der Waals surface area (Å²) in [7, 11) is 0. The van der Waals surface area contributed by atoms with Crippen LogP contribution in [0.3, 0.4) is 0 Å². The molecule has 0 aliphatic heterocycles. The second-order valence-corrected chi connectivity index (χ2v) is 5.05. The molecule has 1 aliphatic rings. The molecule has 0 amide bonds. The molecule has 0 aromatic heterocycles. The third-order valence-electron chi connectivity index (χ3n) is 3.53. The first kappa shape index (κ1) is 13.0. The zero-order valence-corrected chi connectivity index (χ0v) is 10.5. The molecule has 0 unspecified atom stereocenters. The molecule has 1 nitrogen and oxygen atoms in total. The maximum atomic E-state index is 4.69. The van der Waals surface area contributed by atoms with E-state index < -0.39 is 0 Å². The Hall–Kier alpha value is -0.0400. The molecule has 1 aliphatic carbocycles. The SMILES string of the molecule is CCCCCCC[N]CC1CCCCC1. The van der Waals surface area contributed by atoms with E-state index in [0.29, 0.717) is 0 Å². The topological polar surface area (TPSA) is 14.1 Å². The average Bonchev–Trinajstić information content (AvgIpc) is 2.29. The minimum absolute atomic E-state index is 0.939. The number of unbranched alkanes of at least 4 members (excludes halogenated alkanes) is 4. The van der Waals surface area contributed by atoms with Crippen LogP contribution in [-0.4, -0.2) is 13.1 Å². The fraction of sp³-hybridized carbons (Fsp3) is 1.00. The Kier molecular flexibility index (Phi) is 7.99. The van der Waals surface area contributed by atoms with E-state index in [1.807, 2.05) is 0 Å². The van der Waals surface area contributed by atoms with Crippen molar-refractivity contribution >= 4 is 0 Å². The molecule has 15 heavy (non-hydrogen) atoms. The summed E-state index contributed by atoms with van der Waals surface area (Å²) in [5.74, 6) is 0.939. The maximum absolute atomic E-state index is 4.69. The van der Waals surface area contributed by atoms with Crippen molar-refractivity contribution in [1.29, 1.82) is 0 Å². The highest BCUT2D eigenvalue weighted by Crippen LogP contribution is 2.22. The third-order valence-corrected chi connectivity index (χ3v) is 3.53. The van der Waals surface area contributed by atoms with Gasteiger partial charge in [0.1, 0.15) is 0 Å². The lowest BCUT2D eigenvalue weighted by molar-refractivity contribution is 0.339. The summed E-state index contributed by atoms with van der Waals surface area (Å²) in [5.41, 5.74) is 0. The van der Waals surface area contributed by atoms with Gasteiger partial charge in [-0.2, -0.15) is 0 Å². The van der Waals surface area contributed by atoms with Gasteiger partial charge in [0.15, 0.2) is 0 Å². The van der Waals surface area contributed by atoms with Crippen molar-refractivity contribution in [2.75, 3.05) is 13.1 Å². The van der Waals surface area contributed by atoms with Crippen LogP contribution < -0.4 is 5.32 Å². The van der Waals surface area contributed by atoms with E-state index in [2.05, 4.69) is 6.92 Å². The van der Waals surface area contributed by atoms with Gasteiger partial charge in [0.25, 0.3) is 0 Å². The molecule has 1 rings (SSSR count). The van der Waals surface area contributed by atoms with Crippen LogP contribution in [0.1, 0.15) is 71.1 Å². The molecule has 0 heterocycles. The van der Waals surface area contributed by atoms with Crippen molar-refractivity contribution in [3.63, 3.8) is 0 Å². The summed E-state index contributed by atoms with van der Waals surface area (Å²) >= 11 is 0. The zero-order valence-electron chi connectivity index (χ0n) is 10.5. The number of hydrogen-bond acceptors (Lipinski definition) is 0. The van der Waals surface area contributed by atoms with E-state index in [-0.39, 0.29) is 0 Å². The Balaban J connectivity index is 1.79. The van der Waals surface area contributed by atoms with Crippen LogP contribution in [-0.2, 0) is 0 Å². The number of hydrogen-bond donors (Lipinski definition) is 0. The molecular weight excluding hydrogens is 182 g/mol. The summed E-state index contributed by atoms with van der Waals surface area (Å²) in [4.78, 5) is 0. The first-order chi connectivity index (χ1) is 7.43. The Morgan fingerprint density at radius 2 is 1.67 bits per heavy atom. The van der Waals surface area contributed by atoms with Gasteiger partial charge in [0, 0.05) is 13.1 Å². The van der Waals surface area contributed by atoms with Gasteiger partial charge in [-0.3, -0.25) is 0 Å². The van der Waals surface area contributed by atoms with Crippen LogP contribution in [0.5, 0.6) is 0 Å². The third kappa shape index (κ3) is 6.94. The molecule has 0 saturated heterocycles. The standard InChI is InChI=1S/C14H28N/c1-2-3-4-5-9-12-15-13-14-10-7-6-8-11-14/h14H,2-13H2,1H3. The molecule has 1 saturated carbocycles. The van der Waals surface area contributed by atoms with Crippen molar-refractivity contribution in [2.24, 2.45) is 5.92 Å². The van der Waals surface area contributed by atoms with Crippen molar-refractivity contribution < 1.29 is 0 Å². The van der Waals surface area contributed by atoms with Crippen molar-refractivity contribution in [3.05, 3.63) is 0 Å². The van der Waals surface area contributed by atoms with E-state index >= 15 is 0 Å². The molecule has 0 aromatic carbocycles. The van der Waals surface area contributed by atoms with Crippen molar-refractivity contribution in [3.8, 4) is 0 Å². The van der Waals surface area contributed by atoms with Crippen LogP contribution in [0.25, 0.3) is 0 Å². The quantitative estimate of drug-likeness (QED) is 0.535. The lowest BCUT2D eigenvalue weighted by Gasteiger charge is -2.20. The summed E-state index contributed by atoms with van der Waals surface area (Å²) in [6.45, 7) is 4.56. The fourth-order valence-corrected chi connectivity index (χ4v) is 2.47. The fourth-order valence-electron chi connectivity index (χ4n) is 2.47. The predicted molar refractivity (Wildman–Crippen MR) is 67.2 cm³/mol. The number of rotatable bonds is 8. The lowest BCUT2D eigenvalue weighted by atomic mass is 9.89. The highest BCUT2D eigenvalue weighted by atomic mass is 14.9. The minimum Gasteiger partial charge on any atom is -0.242 e. The molecule has 0 bridgehead atoms. The summed E-state index contributed by atoms with van der Waals surface area (Å²) < 4.78 is 0. The Morgan fingerprint density at radius 1 is 0.933 bits per heavy atom. The lowest BCUT2D eigenvalue weighted by Crippen LogP contribution is -2.19. The summed E-state index contributed by atoms with van der Waals surface area (Å²) in [5, 5.41) is 4.69. The van der Waals surface area contributed by atoms with Gasteiger partial charge in [-0.05, 0) is 25.2 Å². The van der Waals surface area contributed by atoms with E-state index in [1.54, 1.807) is 0 Å². The highest BCUT2D eigenvalue weighted by Gasteiger charge is 2.12. The van der Waals surface area contributed by atoms with Gasteiger partial charge in [-0.1, -0.05) is 51.9 Å². The molecule has 89 valence electrons. The maximum Gasteiger partial charge on any atom is 0.0161 e. The zero-order chi connectivity index (χ0) is 10.8. The summed E-state index contributed by atoms with van der Waals surface area (Å²) in [6, 6.07) is 0. The molecule has 0 atom stereocenters. The van der Waals surface area contributed by atoms with Crippen LogP contribution in [0.4, 0.5) is 0 Å². The van der Waals surface area contributed by atoms with Gasteiger partial charge >= 0.3 is 0 Å². The number of nitrogens with zero attached hydrogens (tertiary/aromatic N) is 1. The average molecular weight is 210 g/mol. The molecule has 1 radical (unpaired) electrons. The van der Waals surface area contributed by atoms with E-state index in [1.165, 1.54) is 64.2 Å². The first-order valence-electron chi connectivity index (χ1n) is 7.06. The van der Waals surface area contributed by atoms with Gasteiger partial charge in [0.2, 0.25) is 0 Å². The Bertz CT molecular complexity index is 127. The van der Waals surface area contributed by atoms with Crippen molar-refractivity contribution in [2.45, 2.75) is 71.1 Å². The monoisotopic (exact) mass is 210 g/mol. The predicted octanol–water partition coefficient (Wildman–Crippen LogP) is 4.14. The molecule has 1 fully saturated rings. The minimum atomic E-state index is 0.939. The van der Waals surface area contributed by atoms with Crippen LogP contribution in [0.15, 0.2) is 0 Å². The summed E-state index contributed by atoms with van der Waals surface area (Å²) in [6.07, 6.45) is 14.1. The Morgan fingerprint density at radius 3 is 2.40 bits per heavy atom. The smallest absolute Gasteiger partial charge is 0.0161 e. The first-order valence-corrected chi connectivity index (χ1v) is 7.06. The molecule has 0 spiro atoms. The second kappa shape index (κ2) is 9.21. The molecule has 0 aromatic rings. The van der Waals surface area contributed by atoms with Gasteiger partial charge in [0.05, 0.1) is 0 Å². The van der Waals surface area contributed by atoms with E-state index in [0.717, 1.165) is 19.0 Å². The van der Waals surface area contributed by atoms with Crippen LogP contribution >= 0.6 is 0 Å². The molecular formula is C14H28N. The van der Waals surface area contributed by atoms with Gasteiger partial charge in [-0.15, -0.1) is 0 Å². The van der Waals surface area contributed by atoms with E-state index in [9.17, 15) is 0 Å². The van der Waals surface area contributed by atoms with Crippen LogP contribution in [0, 0.1) is 5.92 Å². The van der Waals surface area contributed by atoms with Gasteiger partial charge in [-0.25, -0.2) is 5.32 Å². The van der Waals surface area contributed by atoms with E-state index in [4.69, 9.17) is 5.32 Å². The van der Waals surface area contributed by atoms with Crippen molar-refractivity contribution in [1.82, 2.24) is 5.32 Å². The van der Waals surface area contributed by atoms with Crippen LogP contribution in [0.2, 0.25) is 0 Å². The molecule has 0 N–H and O–H groups in total. The largest absolute Gasteiger partial charge is 0.242 e. The van der Waals surface area contributed by atoms with Gasteiger partial charge < -0.3 is 0 Å². The normalized spacial score (nSPS) is 18.2. The highest BCUT2D eigenvalue weighted by molar-refractivity contribution is 4.67.